The van der Waals surface area contributed by atoms with Crippen LogP contribution >= 0.6 is 11.6 Å². The topological polar surface area (TPSA) is 64.0 Å². The SMILES string of the molecule is Cc1ccc(Cl)cc1NS(=O)(=O)c1c(C)nn(C)c1C. The maximum absolute atomic E-state index is 12.5. The molecule has 0 unspecified atom stereocenters. The molecular formula is C13H16ClN3O2S. The van der Waals surface area contributed by atoms with Gasteiger partial charge in [-0.15, -0.1) is 0 Å². The molecule has 0 bridgehead atoms. The molecular weight excluding hydrogens is 298 g/mol. The first-order valence-corrected chi connectivity index (χ1v) is 7.87. The molecule has 2 aromatic rings. The number of aryl methyl sites for hydroxylation is 3. The van der Waals surface area contributed by atoms with Crippen LogP contribution in [0.15, 0.2) is 23.1 Å². The number of aromatic nitrogens is 2. The van der Waals surface area contributed by atoms with Crippen LogP contribution < -0.4 is 4.72 Å². The van der Waals surface area contributed by atoms with Crippen molar-refractivity contribution in [3.05, 3.63) is 40.2 Å². The Hall–Kier alpha value is -1.53. The van der Waals surface area contributed by atoms with Crippen LogP contribution in [0.1, 0.15) is 17.0 Å². The largest absolute Gasteiger partial charge is 0.279 e. The van der Waals surface area contributed by atoms with E-state index in [4.69, 9.17) is 11.6 Å². The number of rotatable bonds is 3. The molecule has 1 aromatic carbocycles. The van der Waals surface area contributed by atoms with E-state index in [0.29, 0.717) is 22.1 Å². The summed E-state index contributed by atoms with van der Waals surface area (Å²) in [6.45, 7) is 5.21. The minimum atomic E-state index is -3.69. The molecule has 2 rings (SSSR count). The Bertz CT molecular complexity index is 766. The maximum atomic E-state index is 12.5. The highest BCUT2D eigenvalue weighted by molar-refractivity contribution is 7.92. The van der Waals surface area contributed by atoms with E-state index in [1.807, 2.05) is 6.92 Å². The third-order valence-electron chi connectivity index (χ3n) is 3.16. The van der Waals surface area contributed by atoms with E-state index in [1.165, 1.54) is 0 Å². The summed E-state index contributed by atoms with van der Waals surface area (Å²) in [6, 6.07) is 5.08. The Balaban J connectivity index is 2.49. The monoisotopic (exact) mass is 313 g/mol. The van der Waals surface area contributed by atoms with Crippen molar-refractivity contribution in [2.24, 2.45) is 7.05 Å². The van der Waals surface area contributed by atoms with E-state index in [2.05, 4.69) is 9.82 Å². The molecule has 0 aliphatic rings. The molecule has 1 N–H and O–H groups in total. The zero-order chi connectivity index (χ0) is 15.1. The lowest BCUT2D eigenvalue weighted by atomic mass is 10.2. The van der Waals surface area contributed by atoms with Crippen LogP contribution in [0.4, 0.5) is 5.69 Å². The second kappa shape index (κ2) is 5.10. The summed E-state index contributed by atoms with van der Waals surface area (Å²) in [5, 5.41) is 4.61. The lowest BCUT2D eigenvalue weighted by Crippen LogP contribution is -2.15. The quantitative estimate of drug-likeness (QED) is 0.947. The predicted octanol–water partition coefficient (Wildman–Crippen LogP) is 2.80. The number of hydrogen-bond donors (Lipinski definition) is 1. The lowest BCUT2D eigenvalue weighted by molar-refractivity contribution is 0.599. The van der Waals surface area contributed by atoms with Crippen molar-refractivity contribution >= 4 is 27.3 Å². The molecule has 20 heavy (non-hydrogen) atoms. The van der Waals surface area contributed by atoms with Gasteiger partial charge >= 0.3 is 0 Å². The minimum absolute atomic E-state index is 0.208. The van der Waals surface area contributed by atoms with Gasteiger partial charge in [-0.3, -0.25) is 9.40 Å². The summed E-state index contributed by atoms with van der Waals surface area (Å²) in [5.74, 6) is 0. The fraction of sp³-hybridized carbons (Fsp3) is 0.308. The fourth-order valence-electron chi connectivity index (χ4n) is 2.04. The summed E-state index contributed by atoms with van der Waals surface area (Å²) >= 11 is 5.91. The van der Waals surface area contributed by atoms with Gasteiger partial charge in [0.15, 0.2) is 0 Å². The van der Waals surface area contributed by atoms with Crippen molar-refractivity contribution in [2.45, 2.75) is 25.7 Å². The van der Waals surface area contributed by atoms with Crippen LogP contribution in [0.25, 0.3) is 0 Å². The summed E-state index contributed by atoms with van der Waals surface area (Å²) in [4.78, 5) is 0.208. The Labute approximate surface area is 123 Å². The molecule has 0 saturated heterocycles. The van der Waals surface area contributed by atoms with Gasteiger partial charge in [0, 0.05) is 12.1 Å². The third-order valence-corrected chi connectivity index (χ3v) is 5.01. The van der Waals surface area contributed by atoms with E-state index in [1.54, 1.807) is 43.8 Å². The van der Waals surface area contributed by atoms with Crippen molar-refractivity contribution < 1.29 is 8.42 Å². The molecule has 0 aliphatic heterocycles. The minimum Gasteiger partial charge on any atom is -0.279 e. The predicted molar refractivity (Wildman–Crippen MR) is 79.7 cm³/mol. The first-order valence-electron chi connectivity index (χ1n) is 6.01. The van der Waals surface area contributed by atoms with Crippen molar-refractivity contribution in [3.8, 4) is 0 Å². The number of halogens is 1. The summed E-state index contributed by atoms with van der Waals surface area (Å²) in [6.07, 6.45) is 0. The van der Waals surface area contributed by atoms with E-state index >= 15 is 0 Å². The number of nitrogens with one attached hydrogen (secondary N) is 1. The normalized spacial score (nSPS) is 11.7. The van der Waals surface area contributed by atoms with E-state index < -0.39 is 10.0 Å². The first-order chi connectivity index (χ1) is 9.22. The summed E-state index contributed by atoms with van der Waals surface area (Å²) < 4.78 is 29.1. The van der Waals surface area contributed by atoms with Crippen LogP contribution in [-0.4, -0.2) is 18.2 Å². The van der Waals surface area contributed by atoms with E-state index in [9.17, 15) is 8.42 Å². The van der Waals surface area contributed by atoms with Gasteiger partial charge in [0.05, 0.1) is 17.1 Å². The average Bonchev–Trinajstić information content (AvgIpc) is 2.58. The molecule has 0 aliphatic carbocycles. The Morgan fingerprint density at radius 3 is 2.45 bits per heavy atom. The summed E-state index contributed by atoms with van der Waals surface area (Å²) in [5.41, 5.74) is 2.34. The van der Waals surface area contributed by atoms with Gasteiger partial charge in [-0.1, -0.05) is 17.7 Å². The molecule has 0 atom stereocenters. The third kappa shape index (κ3) is 2.66. The van der Waals surface area contributed by atoms with Gasteiger partial charge in [0.25, 0.3) is 10.0 Å². The van der Waals surface area contributed by atoms with E-state index in [-0.39, 0.29) is 4.90 Å². The molecule has 1 heterocycles. The number of sulfonamides is 1. The molecule has 0 fully saturated rings. The lowest BCUT2D eigenvalue weighted by Gasteiger charge is -2.11. The molecule has 0 amide bonds. The second-order valence-electron chi connectivity index (χ2n) is 4.69. The maximum Gasteiger partial charge on any atom is 0.265 e. The second-order valence-corrected chi connectivity index (χ2v) is 6.74. The van der Waals surface area contributed by atoms with Crippen LogP contribution in [-0.2, 0) is 17.1 Å². The van der Waals surface area contributed by atoms with Crippen LogP contribution in [0.3, 0.4) is 0 Å². The van der Waals surface area contributed by atoms with Crippen molar-refractivity contribution in [3.63, 3.8) is 0 Å². The fourth-order valence-corrected chi connectivity index (χ4v) is 3.78. The smallest absolute Gasteiger partial charge is 0.265 e. The highest BCUT2D eigenvalue weighted by Gasteiger charge is 2.24. The van der Waals surface area contributed by atoms with Gasteiger partial charge in [-0.05, 0) is 38.5 Å². The Kier molecular flexibility index (Phi) is 3.80. The van der Waals surface area contributed by atoms with Gasteiger partial charge in [0.1, 0.15) is 4.90 Å². The Morgan fingerprint density at radius 2 is 1.90 bits per heavy atom. The van der Waals surface area contributed by atoms with Crippen molar-refractivity contribution in [1.82, 2.24) is 9.78 Å². The van der Waals surface area contributed by atoms with Crippen molar-refractivity contribution in [2.75, 3.05) is 4.72 Å². The molecule has 0 radical (unpaired) electrons. The van der Waals surface area contributed by atoms with Gasteiger partial charge in [-0.2, -0.15) is 5.10 Å². The highest BCUT2D eigenvalue weighted by Crippen LogP contribution is 2.26. The highest BCUT2D eigenvalue weighted by atomic mass is 35.5. The molecule has 1 aromatic heterocycles. The van der Waals surface area contributed by atoms with Crippen LogP contribution in [0.5, 0.6) is 0 Å². The average molecular weight is 314 g/mol. The zero-order valence-electron chi connectivity index (χ0n) is 11.7. The molecule has 0 spiro atoms. The molecule has 7 heteroatoms. The standard InChI is InChI=1S/C13H16ClN3O2S/c1-8-5-6-11(14)7-12(8)16-20(18,19)13-9(2)15-17(4)10(13)3/h5-7,16H,1-4H3. The van der Waals surface area contributed by atoms with Crippen molar-refractivity contribution in [1.29, 1.82) is 0 Å². The number of nitrogens with zero attached hydrogens (tertiary/aromatic N) is 2. The number of hydrogen-bond acceptors (Lipinski definition) is 3. The molecule has 5 nitrogen and oxygen atoms in total. The number of benzene rings is 1. The van der Waals surface area contributed by atoms with Gasteiger partial charge in [0.2, 0.25) is 0 Å². The molecule has 0 saturated carbocycles. The van der Waals surface area contributed by atoms with Gasteiger partial charge < -0.3 is 0 Å². The van der Waals surface area contributed by atoms with Crippen LogP contribution in [0.2, 0.25) is 5.02 Å². The summed E-state index contributed by atoms with van der Waals surface area (Å²) in [7, 11) is -1.97. The molecule has 108 valence electrons. The van der Waals surface area contributed by atoms with Crippen LogP contribution in [0, 0.1) is 20.8 Å². The number of anilines is 1. The zero-order valence-corrected chi connectivity index (χ0v) is 13.3. The van der Waals surface area contributed by atoms with E-state index in [0.717, 1.165) is 5.56 Å². The first kappa shape index (κ1) is 14.9. The van der Waals surface area contributed by atoms with Gasteiger partial charge in [-0.25, -0.2) is 8.42 Å². The Morgan fingerprint density at radius 1 is 1.25 bits per heavy atom.